The van der Waals surface area contributed by atoms with Crippen molar-refractivity contribution in [2.75, 3.05) is 26.7 Å². The van der Waals surface area contributed by atoms with E-state index in [1.165, 1.54) is 18.7 Å². The second-order valence-corrected chi connectivity index (χ2v) is 6.88. The quantitative estimate of drug-likeness (QED) is 0.816. The van der Waals surface area contributed by atoms with Gasteiger partial charge in [-0.05, 0) is 61.2 Å². The van der Waals surface area contributed by atoms with Gasteiger partial charge in [-0.25, -0.2) is 0 Å². The van der Waals surface area contributed by atoms with E-state index in [4.69, 9.17) is 16.3 Å². The maximum Gasteiger partial charge on any atom is 0.176 e. The predicted molar refractivity (Wildman–Crippen MR) is 98.9 cm³/mol. The van der Waals surface area contributed by atoms with Crippen molar-refractivity contribution in [2.24, 2.45) is 0 Å². The molecule has 4 nitrogen and oxygen atoms in total. The molecule has 25 heavy (non-hydrogen) atoms. The number of ether oxygens (including phenoxy) is 1. The summed E-state index contributed by atoms with van der Waals surface area (Å²) in [4.78, 5) is 14.7. The van der Waals surface area contributed by atoms with Crippen LogP contribution in [0, 0.1) is 0 Å². The number of methoxy groups -OCH3 is 1. The molecule has 2 aromatic carbocycles. The van der Waals surface area contributed by atoms with Gasteiger partial charge in [0.25, 0.3) is 0 Å². The van der Waals surface area contributed by atoms with Gasteiger partial charge in [0.05, 0.1) is 13.7 Å². The molecule has 3 rings (SSSR count). The van der Waals surface area contributed by atoms with Crippen LogP contribution in [0.15, 0.2) is 42.5 Å². The molecule has 1 N–H and O–H groups in total. The molecule has 0 spiro atoms. The van der Waals surface area contributed by atoms with Gasteiger partial charge in [0, 0.05) is 17.1 Å². The van der Waals surface area contributed by atoms with E-state index in [2.05, 4.69) is 11.0 Å². The van der Waals surface area contributed by atoms with Gasteiger partial charge in [-0.1, -0.05) is 23.7 Å². The van der Waals surface area contributed by atoms with Crippen LogP contribution in [-0.4, -0.2) is 42.5 Å². The van der Waals surface area contributed by atoms with Gasteiger partial charge in [0.1, 0.15) is 0 Å². The number of phenolic OH excluding ortho intramolecular Hbond substituents is 1. The fraction of sp³-hybridized carbons (Fsp3) is 0.350. The van der Waals surface area contributed by atoms with E-state index >= 15 is 0 Å². The molecule has 1 unspecified atom stereocenters. The van der Waals surface area contributed by atoms with Gasteiger partial charge in [-0.2, -0.15) is 0 Å². The Hall–Kier alpha value is -2.04. The topological polar surface area (TPSA) is 49.8 Å². The summed E-state index contributed by atoms with van der Waals surface area (Å²) in [7, 11) is 1.49. The van der Waals surface area contributed by atoms with Crippen LogP contribution in [-0.2, 0) is 0 Å². The number of likely N-dealkylation sites (tertiary alicyclic amines) is 1. The Kier molecular flexibility index (Phi) is 5.61. The fourth-order valence-electron chi connectivity index (χ4n) is 3.39. The standard InChI is InChI=1S/C20H22ClNO3/c1-25-20-8-7-15(11-18(20)23)19(24)13-22-9-3-5-16(12-22)14-4-2-6-17(21)10-14/h2,4,6-8,10-11,16,23H,3,5,9,12-13H2,1H3. The van der Waals surface area contributed by atoms with Crippen molar-refractivity contribution < 1.29 is 14.6 Å². The summed E-state index contributed by atoms with van der Waals surface area (Å²) in [5, 5.41) is 10.6. The number of Topliss-reactive ketones (excluding diaryl/α,β-unsaturated/α-hetero) is 1. The second kappa shape index (κ2) is 7.89. The lowest BCUT2D eigenvalue weighted by Crippen LogP contribution is -2.38. The van der Waals surface area contributed by atoms with E-state index in [9.17, 15) is 9.90 Å². The van der Waals surface area contributed by atoms with Gasteiger partial charge in [-0.3, -0.25) is 9.69 Å². The molecule has 0 aromatic heterocycles. The van der Waals surface area contributed by atoms with Crippen LogP contribution in [0.2, 0.25) is 5.02 Å². The molecule has 5 heteroatoms. The van der Waals surface area contributed by atoms with Gasteiger partial charge in [0.2, 0.25) is 0 Å². The van der Waals surface area contributed by atoms with Crippen molar-refractivity contribution >= 4 is 17.4 Å². The maximum atomic E-state index is 12.5. The van der Waals surface area contributed by atoms with Crippen molar-refractivity contribution in [2.45, 2.75) is 18.8 Å². The minimum Gasteiger partial charge on any atom is -0.504 e. The Bertz CT molecular complexity index is 762. The van der Waals surface area contributed by atoms with Crippen molar-refractivity contribution in [1.29, 1.82) is 0 Å². The third kappa shape index (κ3) is 4.33. The zero-order valence-corrected chi connectivity index (χ0v) is 15.0. The first-order chi connectivity index (χ1) is 12.1. The average molecular weight is 360 g/mol. The number of carbonyl (C=O) groups is 1. The SMILES string of the molecule is COc1ccc(C(=O)CN2CCCC(c3cccc(Cl)c3)C2)cc1O. The molecule has 1 heterocycles. The largest absolute Gasteiger partial charge is 0.504 e. The minimum absolute atomic E-state index is 0.00435. The highest BCUT2D eigenvalue weighted by molar-refractivity contribution is 6.30. The highest BCUT2D eigenvalue weighted by atomic mass is 35.5. The molecule has 1 fully saturated rings. The molecule has 0 amide bonds. The van der Waals surface area contributed by atoms with Crippen LogP contribution in [0.4, 0.5) is 0 Å². The Morgan fingerprint density at radius 2 is 2.16 bits per heavy atom. The monoisotopic (exact) mass is 359 g/mol. The van der Waals surface area contributed by atoms with E-state index in [0.717, 1.165) is 31.0 Å². The summed E-state index contributed by atoms with van der Waals surface area (Å²) in [5.74, 6) is 0.758. The Balaban J connectivity index is 1.66. The normalized spacial score (nSPS) is 18.1. The third-order valence-electron chi connectivity index (χ3n) is 4.69. The molecule has 1 aliphatic rings. The van der Waals surface area contributed by atoms with Crippen LogP contribution in [0.3, 0.4) is 0 Å². The van der Waals surface area contributed by atoms with Gasteiger partial charge in [-0.15, -0.1) is 0 Å². The van der Waals surface area contributed by atoms with Crippen molar-refractivity contribution in [3.63, 3.8) is 0 Å². The van der Waals surface area contributed by atoms with Crippen LogP contribution in [0.1, 0.15) is 34.7 Å². The van der Waals surface area contributed by atoms with Crippen molar-refractivity contribution in [3.05, 3.63) is 58.6 Å². The van der Waals surface area contributed by atoms with Gasteiger partial charge < -0.3 is 9.84 Å². The molecule has 1 atom stereocenters. The Labute approximate surface area is 153 Å². The molecule has 1 aliphatic heterocycles. The zero-order valence-electron chi connectivity index (χ0n) is 14.2. The summed E-state index contributed by atoms with van der Waals surface area (Å²) >= 11 is 6.10. The number of benzene rings is 2. The molecular formula is C20H22ClNO3. The van der Waals surface area contributed by atoms with E-state index in [1.807, 2.05) is 18.2 Å². The smallest absolute Gasteiger partial charge is 0.176 e. The van der Waals surface area contributed by atoms with Gasteiger partial charge in [0.15, 0.2) is 17.3 Å². The van der Waals surface area contributed by atoms with Crippen molar-refractivity contribution in [1.82, 2.24) is 4.90 Å². The number of ketones is 1. The average Bonchev–Trinajstić information content (AvgIpc) is 2.62. The first-order valence-corrected chi connectivity index (χ1v) is 8.82. The van der Waals surface area contributed by atoms with Crippen LogP contribution < -0.4 is 4.74 Å². The van der Waals surface area contributed by atoms with E-state index in [-0.39, 0.29) is 11.5 Å². The lowest BCUT2D eigenvalue weighted by Gasteiger charge is -2.32. The lowest BCUT2D eigenvalue weighted by atomic mass is 9.90. The highest BCUT2D eigenvalue weighted by Gasteiger charge is 2.23. The van der Waals surface area contributed by atoms with Gasteiger partial charge >= 0.3 is 0 Å². The number of hydrogen-bond acceptors (Lipinski definition) is 4. The molecule has 2 aromatic rings. The first-order valence-electron chi connectivity index (χ1n) is 8.45. The second-order valence-electron chi connectivity index (χ2n) is 6.44. The number of halogens is 1. The summed E-state index contributed by atoms with van der Waals surface area (Å²) in [5.41, 5.74) is 1.73. The number of phenols is 1. The number of piperidine rings is 1. The molecule has 0 aliphatic carbocycles. The predicted octanol–water partition coefficient (Wildman–Crippen LogP) is 4.12. The Morgan fingerprint density at radius 3 is 2.88 bits per heavy atom. The number of rotatable bonds is 5. The summed E-state index contributed by atoms with van der Waals surface area (Å²) < 4.78 is 5.02. The number of carbonyl (C=O) groups excluding carboxylic acids is 1. The summed E-state index contributed by atoms with van der Waals surface area (Å²) in [6.07, 6.45) is 2.16. The summed E-state index contributed by atoms with van der Waals surface area (Å²) in [6.45, 7) is 2.10. The number of nitrogens with zero attached hydrogens (tertiary/aromatic N) is 1. The molecule has 0 saturated carbocycles. The fourth-order valence-corrected chi connectivity index (χ4v) is 3.59. The zero-order chi connectivity index (χ0) is 17.8. The number of hydrogen-bond donors (Lipinski definition) is 1. The van der Waals surface area contributed by atoms with Crippen LogP contribution in [0.25, 0.3) is 0 Å². The van der Waals surface area contributed by atoms with E-state index < -0.39 is 0 Å². The molecule has 1 saturated heterocycles. The van der Waals surface area contributed by atoms with Crippen LogP contribution in [0.5, 0.6) is 11.5 Å². The summed E-state index contributed by atoms with van der Waals surface area (Å²) in [6, 6.07) is 12.8. The van der Waals surface area contributed by atoms with Crippen molar-refractivity contribution in [3.8, 4) is 11.5 Å². The molecule has 0 bridgehead atoms. The maximum absolute atomic E-state index is 12.5. The first kappa shape index (κ1) is 17.8. The Morgan fingerprint density at radius 1 is 1.32 bits per heavy atom. The highest BCUT2D eigenvalue weighted by Crippen LogP contribution is 2.29. The third-order valence-corrected chi connectivity index (χ3v) is 4.93. The molecule has 132 valence electrons. The van der Waals surface area contributed by atoms with Crippen LogP contribution >= 0.6 is 11.6 Å². The molecule has 0 radical (unpaired) electrons. The molecular weight excluding hydrogens is 338 g/mol. The minimum atomic E-state index is -0.0104. The van der Waals surface area contributed by atoms with E-state index in [0.29, 0.717) is 23.8 Å². The lowest BCUT2D eigenvalue weighted by molar-refractivity contribution is 0.0906. The van der Waals surface area contributed by atoms with E-state index in [1.54, 1.807) is 12.1 Å². The number of aromatic hydroxyl groups is 1.